The third-order valence-electron chi connectivity index (χ3n) is 3.07. The Morgan fingerprint density at radius 1 is 1.10 bits per heavy atom. The summed E-state index contributed by atoms with van der Waals surface area (Å²) in [6.45, 7) is 1.44. The third kappa shape index (κ3) is 2.77. The van der Waals surface area contributed by atoms with Crippen LogP contribution < -0.4 is 5.32 Å². The molecule has 0 amide bonds. The van der Waals surface area contributed by atoms with E-state index in [1.807, 2.05) is 0 Å². The Kier molecular flexibility index (Phi) is 3.70. The van der Waals surface area contributed by atoms with Gasteiger partial charge in [-0.3, -0.25) is 0 Å². The van der Waals surface area contributed by atoms with Gasteiger partial charge in [-0.25, -0.2) is 13.6 Å². The molecule has 2 aromatic carbocycles. The van der Waals surface area contributed by atoms with Gasteiger partial charge in [-0.15, -0.1) is 0 Å². The molecule has 20 heavy (non-hydrogen) atoms. The number of rotatable bonds is 4. The monoisotopic (exact) mass is 277 g/mol. The van der Waals surface area contributed by atoms with Crippen LogP contribution in [0.15, 0.2) is 48.5 Å². The minimum atomic E-state index is -1.48. The molecule has 2 rings (SSSR count). The summed E-state index contributed by atoms with van der Waals surface area (Å²) in [5.74, 6) is -2.07. The summed E-state index contributed by atoms with van der Waals surface area (Å²) in [7, 11) is 0. The maximum absolute atomic E-state index is 13.2. The molecule has 0 saturated carbocycles. The lowest BCUT2D eigenvalue weighted by Crippen LogP contribution is -2.40. The summed E-state index contributed by atoms with van der Waals surface area (Å²) < 4.78 is 26.1. The van der Waals surface area contributed by atoms with Crippen LogP contribution in [0, 0.1) is 11.6 Å². The van der Waals surface area contributed by atoms with E-state index in [4.69, 9.17) is 0 Å². The fraction of sp³-hybridized carbons (Fsp3) is 0.133. The molecule has 2 aromatic rings. The molecule has 0 fully saturated rings. The van der Waals surface area contributed by atoms with Gasteiger partial charge in [0, 0.05) is 5.69 Å². The van der Waals surface area contributed by atoms with Gasteiger partial charge in [0.1, 0.15) is 11.6 Å². The SMILES string of the molecule is CC(Nc1cccc(F)c1)(C(=O)O)c1ccc(F)cc1. The Balaban J connectivity index is 2.39. The number of hydrogen-bond donors (Lipinski definition) is 2. The van der Waals surface area contributed by atoms with Crippen molar-refractivity contribution in [1.82, 2.24) is 0 Å². The minimum Gasteiger partial charge on any atom is -0.479 e. The predicted molar refractivity (Wildman–Crippen MR) is 71.4 cm³/mol. The summed E-state index contributed by atoms with van der Waals surface area (Å²) in [6, 6.07) is 10.6. The first-order valence-electron chi connectivity index (χ1n) is 5.95. The lowest BCUT2D eigenvalue weighted by molar-refractivity contribution is -0.142. The molecule has 1 unspecified atom stereocenters. The summed E-state index contributed by atoms with van der Waals surface area (Å²) in [4.78, 5) is 11.5. The van der Waals surface area contributed by atoms with Crippen molar-refractivity contribution in [3.05, 3.63) is 65.7 Å². The van der Waals surface area contributed by atoms with Crippen LogP contribution in [0.4, 0.5) is 14.5 Å². The first-order chi connectivity index (χ1) is 9.41. The lowest BCUT2D eigenvalue weighted by atomic mass is 9.91. The molecule has 0 radical (unpaired) electrons. The molecule has 0 aliphatic heterocycles. The second-order valence-corrected chi connectivity index (χ2v) is 4.57. The van der Waals surface area contributed by atoms with Crippen molar-refractivity contribution in [3.63, 3.8) is 0 Å². The van der Waals surface area contributed by atoms with Crippen molar-refractivity contribution in [2.75, 3.05) is 5.32 Å². The number of carbonyl (C=O) groups is 1. The second kappa shape index (κ2) is 5.28. The first kappa shape index (κ1) is 14.0. The molecule has 0 bridgehead atoms. The summed E-state index contributed by atoms with van der Waals surface area (Å²) >= 11 is 0. The van der Waals surface area contributed by atoms with Crippen LogP contribution in [0.2, 0.25) is 0 Å². The average molecular weight is 277 g/mol. The van der Waals surface area contributed by atoms with E-state index in [1.54, 1.807) is 6.07 Å². The Morgan fingerprint density at radius 2 is 1.75 bits per heavy atom. The van der Waals surface area contributed by atoms with Crippen LogP contribution in [0.3, 0.4) is 0 Å². The van der Waals surface area contributed by atoms with E-state index >= 15 is 0 Å². The number of carboxylic acid groups (broad SMARTS) is 1. The quantitative estimate of drug-likeness (QED) is 0.900. The van der Waals surface area contributed by atoms with Gasteiger partial charge < -0.3 is 10.4 Å². The fourth-order valence-corrected chi connectivity index (χ4v) is 1.89. The van der Waals surface area contributed by atoms with Crippen molar-refractivity contribution in [2.45, 2.75) is 12.5 Å². The smallest absolute Gasteiger partial charge is 0.333 e. The normalized spacial score (nSPS) is 13.6. The molecular weight excluding hydrogens is 264 g/mol. The molecule has 2 N–H and O–H groups in total. The molecule has 0 aromatic heterocycles. The van der Waals surface area contributed by atoms with E-state index in [1.165, 1.54) is 49.4 Å². The van der Waals surface area contributed by atoms with Gasteiger partial charge in [0.05, 0.1) is 0 Å². The van der Waals surface area contributed by atoms with Crippen molar-refractivity contribution in [3.8, 4) is 0 Å². The Hall–Kier alpha value is -2.43. The number of aliphatic carboxylic acids is 1. The topological polar surface area (TPSA) is 49.3 Å². The first-order valence-corrected chi connectivity index (χ1v) is 5.95. The van der Waals surface area contributed by atoms with Crippen LogP contribution in [-0.4, -0.2) is 11.1 Å². The Bertz CT molecular complexity index is 628. The van der Waals surface area contributed by atoms with Gasteiger partial charge in [-0.1, -0.05) is 18.2 Å². The van der Waals surface area contributed by atoms with E-state index in [0.717, 1.165) is 0 Å². The van der Waals surface area contributed by atoms with Gasteiger partial charge in [0.2, 0.25) is 0 Å². The third-order valence-corrected chi connectivity index (χ3v) is 3.07. The minimum absolute atomic E-state index is 0.333. The molecule has 0 saturated heterocycles. The number of benzene rings is 2. The number of hydrogen-bond acceptors (Lipinski definition) is 2. The summed E-state index contributed by atoms with van der Waals surface area (Å²) in [6.07, 6.45) is 0. The maximum atomic E-state index is 13.2. The largest absolute Gasteiger partial charge is 0.479 e. The van der Waals surface area contributed by atoms with E-state index in [0.29, 0.717) is 11.3 Å². The standard InChI is InChI=1S/C15H13F2NO2/c1-15(14(19)20,10-5-7-11(16)8-6-10)18-13-4-2-3-12(17)9-13/h2-9,18H,1H3,(H,19,20). The number of anilines is 1. The van der Waals surface area contributed by atoms with Gasteiger partial charge in [0.15, 0.2) is 5.54 Å². The van der Waals surface area contributed by atoms with Gasteiger partial charge in [-0.2, -0.15) is 0 Å². The van der Waals surface area contributed by atoms with Gasteiger partial charge >= 0.3 is 5.97 Å². The molecular formula is C15H13F2NO2. The lowest BCUT2D eigenvalue weighted by Gasteiger charge is -2.28. The zero-order valence-corrected chi connectivity index (χ0v) is 10.7. The highest BCUT2D eigenvalue weighted by Gasteiger charge is 2.35. The van der Waals surface area contributed by atoms with Crippen LogP contribution in [0.25, 0.3) is 0 Å². The molecule has 0 heterocycles. The molecule has 3 nitrogen and oxygen atoms in total. The molecule has 5 heteroatoms. The Labute approximate surface area is 114 Å². The highest BCUT2D eigenvalue weighted by atomic mass is 19.1. The summed E-state index contributed by atoms with van der Waals surface area (Å²) in [5.41, 5.74) is -0.781. The zero-order chi connectivity index (χ0) is 14.8. The van der Waals surface area contributed by atoms with E-state index in [-0.39, 0.29) is 0 Å². The second-order valence-electron chi connectivity index (χ2n) is 4.57. The molecule has 0 aliphatic rings. The van der Waals surface area contributed by atoms with Crippen molar-refractivity contribution in [2.24, 2.45) is 0 Å². The molecule has 0 spiro atoms. The van der Waals surface area contributed by atoms with E-state index < -0.39 is 23.1 Å². The predicted octanol–water partition coefficient (Wildman–Crippen LogP) is 3.38. The van der Waals surface area contributed by atoms with Crippen molar-refractivity contribution >= 4 is 11.7 Å². The van der Waals surface area contributed by atoms with E-state index in [9.17, 15) is 18.7 Å². The molecule has 1 atom stereocenters. The molecule has 104 valence electrons. The van der Waals surface area contributed by atoms with Crippen LogP contribution in [-0.2, 0) is 10.3 Å². The maximum Gasteiger partial charge on any atom is 0.333 e. The van der Waals surface area contributed by atoms with Crippen LogP contribution >= 0.6 is 0 Å². The van der Waals surface area contributed by atoms with Crippen molar-refractivity contribution < 1.29 is 18.7 Å². The van der Waals surface area contributed by atoms with E-state index in [2.05, 4.69) is 5.32 Å². The van der Waals surface area contributed by atoms with Crippen LogP contribution in [0.5, 0.6) is 0 Å². The van der Waals surface area contributed by atoms with Gasteiger partial charge in [-0.05, 0) is 42.8 Å². The zero-order valence-electron chi connectivity index (χ0n) is 10.7. The van der Waals surface area contributed by atoms with Gasteiger partial charge in [0.25, 0.3) is 0 Å². The highest BCUT2D eigenvalue weighted by molar-refractivity contribution is 5.84. The number of nitrogens with one attached hydrogen (secondary N) is 1. The molecule has 0 aliphatic carbocycles. The highest BCUT2D eigenvalue weighted by Crippen LogP contribution is 2.27. The Morgan fingerprint density at radius 3 is 2.30 bits per heavy atom. The number of carboxylic acids is 1. The number of halogens is 2. The average Bonchev–Trinajstić information content (AvgIpc) is 2.39. The van der Waals surface area contributed by atoms with Crippen LogP contribution in [0.1, 0.15) is 12.5 Å². The summed E-state index contributed by atoms with van der Waals surface area (Å²) in [5, 5.41) is 12.2. The van der Waals surface area contributed by atoms with Crippen molar-refractivity contribution in [1.29, 1.82) is 0 Å². The fourth-order valence-electron chi connectivity index (χ4n) is 1.89.